The minimum Gasteiger partial charge on any atom is -0.302 e. The molecule has 0 bridgehead atoms. The first-order valence-corrected chi connectivity index (χ1v) is 5.49. The lowest BCUT2D eigenvalue weighted by Gasteiger charge is -2.04. The summed E-state index contributed by atoms with van der Waals surface area (Å²) in [4.78, 5) is 22.0. The molecule has 0 aromatic heterocycles. The van der Waals surface area contributed by atoms with Crippen molar-refractivity contribution in [2.45, 2.75) is 5.92 Å². The summed E-state index contributed by atoms with van der Waals surface area (Å²) in [5, 5.41) is 0. The first-order chi connectivity index (χ1) is 8.35. The average Bonchev–Trinajstić information content (AvgIpc) is 2.71. The molecule has 0 fully saturated rings. The van der Waals surface area contributed by atoms with E-state index in [1.807, 2.05) is 30.3 Å². The zero-order valence-corrected chi connectivity index (χ0v) is 9.09. The van der Waals surface area contributed by atoms with E-state index < -0.39 is 0 Å². The maximum absolute atomic E-state index is 11.2. The average molecular weight is 222 g/mol. The fraction of sp³-hybridized carbons (Fsp3) is 0.0667. The number of carbonyl (C=O) groups is 2. The molecule has 1 atom stereocenters. The molecule has 17 heavy (non-hydrogen) atoms. The molecule has 0 aliphatic heterocycles. The van der Waals surface area contributed by atoms with Gasteiger partial charge < -0.3 is 4.79 Å². The summed E-state index contributed by atoms with van der Waals surface area (Å²) in [5.74, 6) is -0.235. The molecule has 2 aromatic rings. The predicted octanol–water partition coefficient (Wildman–Crippen LogP) is 2.81. The van der Waals surface area contributed by atoms with Crippen LogP contribution in [0.3, 0.4) is 0 Å². The van der Waals surface area contributed by atoms with Crippen molar-refractivity contribution >= 4 is 12.6 Å². The van der Waals surface area contributed by atoms with Gasteiger partial charge in [-0.15, -0.1) is 0 Å². The Kier molecular flexibility index (Phi) is 2.15. The van der Waals surface area contributed by atoms with Crippen molar-refractivity contribution in [1.29, 1.82) is 0 Å². The van der Waals surface area contributed by atoms with Gasteiger partial charge in [0.05, 0.1) is 5.92 Å². The van der Waals surface area contributed by atoms with Crippen LogP contribution < -0.4 is 0 Å². The Morgan fingerprint density at radius 1 is 0.882 bits per heavy atom. The van der Waals surface area contributed by atoms with E-state index in [-0.39, 0.29) is 5.92 Å². The van der Waals surface area contributed by atoms with Gasteiger partial charge in [-0.05, 0) is 28.3 Å². The van der Waals surface area contributed by atoms with E-state index in [1.165, 1.54) is 0 Å². The van der Waals surface area contributed by atoms with E-state index >= 15 is 0 Å². The SMILES string of the molecule is O=Cc1ccc2c(c1)C(C=O)c1ccccc1-2. The van der Waals surface area contributed by atoms with Gasteiger partial charge in [0.25, 0.3) is 0 Å². The van der Waals surface area contributed by atoms with Crippen LogP contribution in [0.5, 0.6) is 0 Å². The summed E-state index contributed by atoms with van der Waals surface area (Å²) >= 11 is 0. The van der Waals surface area contributed by atoms with Gasteiger partial charge in [-0.2, -0.15) is 0 Å². The first-order valence-electron chi connectivity index (χ1n) is 5.49. The zero-order valence-electron chi connectivity index (χ0n) is 9.09. The lowest BCUT2D eigenvalue weighted by molar-refractivity contribution is -0.108. The zero-order chi connectivity index (χ0) is 11.8. The summed E-state index contributed by atoms with van der Waals surface area (Å²) in [6.45, 7) is 0. The van der Waals surface area contributed by atoms with Crippen molar-refractivity contribution in [3.8, 4) is 11.1 Å². The number of aldehydes is 2. The highest BCUT2D eigenvalue weighted by Gasteiger charge is 2.27. The Balaban J connectivity index is 2.30. The van der Waals surface area contributed by atoms with Gasteiger partial charge in [-0.3, -0.25) is 4.79 Å². The number of hydrogen-bond acceptors (Lipinski definition) is 2. The van der Waals surface area contributed by atoms with Gasteiger partial charge in [0.15, 0.2) is 0 Å². The van der Waals surface area contributed by atoms with Gasteiger partial charge in [0.1, 0.15) is 12.6 Å². The van der Waals surface area contributed by atoms with Crippen molar-refractivity contribution in [2.24, 2.45) is 0 Å². The molecule has 1 aliphatic carbocycles. The molecular formula is C15H10O2. The molecule has 2 heteroatoms. The summed E-state index contributed by atoms with van der Waals surface area (Å²) in [6.07, 6.45) is 1.75. The Morgan fingerprint density at radius 3 is 2.41 bits per heavy atom. The molecule has 0 saturated heterocycles. The number of rotatable bonds is 2. The molecule has 0 amide bonds. The number of carbonyl (C=O) groups excluding carboxylic acids is 2. The molecule has 3 rings (SSSR count). The Morgan fingerprint density at radius 2 is 1.65 bits per heavy atom. The fourth-order valence-electron chi connectivity index (χ4n) is 2.48. The van der Waals surface area contributed by atoms with Crippen LogP contribution in [0.15, 0.2) is 42.5 Å². The second-order valence-electron chi connectivity index (χ2n) is 4.17. The Hall–Kier alpha value is -2.22. The van der Waals surface area contributed by atoms with Crippen LogP contribution in [0, 0.1) is 0 Å². The molecule has 1 unspecified atom stereocenters. The van der Waals surface area contributed by atoms with Crippen LogP contribution in [0.2, 0.25) is 0 Å². The van der Waals surface area contributed by atoms with Crippen LogP contribution in [-0.4, -0.2) is 12.6 Å². The van der Waals surface area contributed by atoms with E-state index in [9.17, 15) is 9.59 Å². The van der Waals surface area contributed by atoms with Crippen molar-refractivity contribution in [3.63, 3.8) is 0 Å². The predicted molar refractivity (Wildman–Crippen MR) is 65.2 cm³/mol. The second kappa shape index (κ2) is 3.67. The molecule has 2 aromatic carbocycles. The largest absolute Gasteiger partial charge is 0.302 e. The maximum atomic E-state index is 11.2. The molecule has 0 radical (unpaired) electrons. The summed E-state index contributed by atoms with van der Waals surface area (Å²) in [5.41, 5.74) is 4.73. The van der Waals surface area contributed by atoms with Crippen LogP contribution >= 0.6 is 0 Å². The fourth-order valence-corrected chi connectivity index (χ4v) is 2.48. The van der Waals surface area contributed by atoms with Crippen molar-refractivity contribution in [1.82, 2.24) is 0 Å². The maximum Gasteiger partial charge on any atom is 0.150 e. The molecule has 0 spiro atoms. The smallest absolute Gasteiger partial charge is 0.150 e. The third-order valence-corrected chi connectivity index (χ3v) is 3.27. The second-order valence-corrected chi connectivity index (χ2v) is 4.17. The minimum atomic E-state index is -0.235. The van der Waals surface area contributed by atoms with Crippen LogP contribution in [-0.2, 0) is 4.79 Å². The first kappa shape index (κ1) is 9.97. The number of benzene rings is 2. The van der Waals surface area contributed by atoms with Gasteiger partial charge in [0.2, 0.25) is 0 Å². The van der Waals surface area contributed by atoms with Gasteiger partial charge in [-0.1, -0.05) is 36.4 Å². The van der Waals surface area contributed by atoms with E-state index in [2.05, 4.69) is 0 Å². The molecule has 0 saturated carbocycles. The summed E-state index contributed by atoms with van der Waals surface area (Å²) in [6, 6.07) is 13.4. The Labute approximate surface area is 98.9 Å². The van der Waals surface area contributed by atoms with Crippen LogP contribution in [0.25, 0.3) is 11.1 Å². The monoisotopic (exact) mass is 222 g/mol. The molecule has 0 heterocycles. The van der Waals surface area contributed by atoms with Gasteiger partial charge in [0, 0.05) is 5.56 Å². The third-order valence-electron chi connectivity index (χ3n) is 3.27. The van der Waals surface area contributed by atoms with E-state index in [1.54, 1.807) is 12.1 Å². The van der Waals surface area contributed by atoms with E-state index in [4.69, 9.17) is 0 Å². The minimum absolute atomic E-state index is 0.235. The molecule has 1 aliphatic rings. The molecule has 0 N–H and O–H groups in total. The highest BCUT2D eigenvalue weighted by atomic mass is 16.1. The van der Waals surface area contributed by atoms with Crippen molar-refractivity contribution in [3.05, 3.63) is 59.2 Å². The van der Waals surface area contributed by atoms with E-state index in [0.29, 0.717) is 5.56 Å². The lowest BCUT2D eigenvalue weighted by atomic mass is 9.97. The topological polar surface area (TPSA) is 34.1 Å². The quantitative estimate of drug-likeness (QED) is 0.732. The number of fused-ring (bicyclic) bond motifs is 3. The van der Waals surface area contributed by atoms with Gasteiger partial charge in [-0.25, -0.2) is 0 Å². The Bertz CT molecular complexity index is 614. The number of hydrogen-bond donors (Lipinski definition) is 0. The van der Waals surface area contributed by atoms with Crippen molar-refractivity contribution < 1.29 is 9.59 Å². The van der Waals surface area contributed by atoms with Crippen molar-refractivity contribution in [2.75, 3.05) is 0 Å². The summed E-state index contributed by atoms with van der Waals surface area (Å²) < 4.78 is 0. The van der Waals surface area contributed by atoms with Crippen LogP contribution in [0.1, 0.15) is 27.4 Å². The molecular weight excluding hydrogens is 212 g/mol. The summed E-state index contributed by atoms with van der Waals surface area (Å²) in [7, 11) is 0. The highest BCUT2D eigenvalue weighted by molar-refractivity contribution is 5.90. The highest BCUT2D eigenvalue weighted by Crippen LogP contribution is 2.43. The molecule has 82 valence electrons. The third kappa shape index (κ3) is 1.34. The van der Waals surface area contributed by atoms with Gasteiger partial charge >= 0.3 is 0 Å². The molecule has 2 nitrogen and oxygen atoms in total. The lowest BCUT2D eigenvalue weighted by Crippen LogP contribution is -1.97. The standard InChI is InChI=1S/C15H10O2/c16-8-10-5-6-13-11-3-1-2-4-12(11)15(9-17)14(13)7-10/h1-9,15H. The van der Waals surface area contributed by atoms with Crippen LogP contribution in [0.4, 0.5) is 0 Å². The van der Waals surface area contributed by atoms with E-state index in [0.717, 1.165) is 34.8 Å². The normalized spacial score (nSPS) is 16.1.